The highest BCUT2D eigenvalue weighted by Crippen LogP contribution is 2.51. The van der Waals surface area contributed by atoms with Gasteiger partial charge in [-0.25, -0.2) is 13.7 Å². The first-order valence-electron chi connectivity index (χ1n) is 11.4. The van der Waals surface area contributed by atoms with Crippen molar-refractivity contribution in [2.75, 3.05) is 0 Å². The topological polar surface area (TPSA) is 82.4 Å². The average molecular weight is 503 g/mol. The van der Waals surface area contributed by atoms with E-state index in [1.807, 2.05) is 24.3 Å². The molecule has 4 unspecified atom stereocenters. The molecule has 3 aromatic carbocycles. The van der Waals surface area contributed by atoms with Crippen molar-refractivity contribution >= 4 is 9.92 Å². The summed E-state index contributed by atoms with van der Waals surface area (Å²) in [6.07, 6.45) is -3.57. The number of fused-ring (bicyclic) bond motifs is 3. The van der Waals surface area contributed by atoms with Gasteiger partial charge in [-0.3, -0.25) is 0 Å². The van der Waals surface area contributed by atoms with Crippen LogP contribution in [0.25, 0.3) is 11.1 Å². The number of benzene rings is 3. The molecule has 0 aromatic heterocycles. The van der Waals surface area contributed by atoms with E-state index in [1.54, 1.807) is 0 Å². The summed E-state index contributed by atoms with van der Waals surface area (Å²) in [7, 11) is -3.57. The Kier molecular flexibility index (Phi) is 6.11. The molecule has 35 heavy (non-hydrogen) atoms. The largest absolute Gasteiger partial charge is 0.573 e. The Hall–Kier alpha value is -2.88. The lowest BCUT2D eigenvalue weighted by atomic mass is 9.72. The number of rotatable bonds is 5. The molecule has 1 saturated carbocycles. The van der Waals surface area contributed by atoms with Crippen molar-refractivity contribution in [2.45, 2.75) is 48.6 Å². The monoisotopic (exact) mass is 502 g/mol. The molecule has 5 rings (SSSR count). The van der Waals surface area contributed by atoms with Gasteiger partial charge in [0.1, 0.15) is 15.7 Å². The minimum absolute atomic E-state index is 0.0115. The standard InChI is InChI=1S/C26H25F3N2O3S/c27-26(28,29)34-16-12-14-17(15-13-16)35(30,33)31-23-11-5-10-22(25(23)32)24-20-8-3-1-6-18(20)19-7-2-4-9-21(19)24/h1-4,6-9,12-15,22-25,32H,5,10-11H2,(H2,30,31,33). The summed E-state index contributed by atoms with van der Waals surface area (Å²) in [6.45, 7) is 0. The molecule has 0 saturated heterocycles. The lowest BCUT2D eigenvalue weighted by Crippen LogP contribution is -2.49. The molecule has 0 heterocycles. The van der Waals surface area contributed by atoms with Gasteiger partial charge in [-0.05, 0) is 65.3 Å². The van der Waals surface area contributed by atoms with Crippen LogP contribution in [-0.4, -0.2) is 27.8 Å². The maximum absolute atomic E-state index is 13.2. The molecule has 2 aliphatic rings. The summed E-state index contributed by atoms with van der Waals surface area (Å²) in [6, 6.07) is 20.2. The molecule has 1 fully saturated rings. The van der Waals surface area contributed by atoms with Gasteiger partial charge in [0.05, 0.1) is 11.0 Å². The number of hydrogen-bond donors (Lipinski definition) is 3. The van der Waals surface area contributed by atoms with Crippen molar-refractivity contribution in [2.24, 2.45) is 5.92 Å². The van der Waals surface area contributed by atoms with Gasteiger partial charge in [0.15, 0.2) is 0 Å². The molecule has 0 amide bonds. The minimum atomic E-state index is -4.83. The molecule has 3 N–H and O–H groups in total. The van der Waals surface area contributed by atoms with Crippen molar-refractivity contribution in [1.29, 1.82) is 4.78 Å². The fourth-order valence-electron chi connectivity index (χ4n) is 5.48. The van der Waals surface area contributed by atoms with Crippen LogP contribution >= 0.6 is 0 Å². The zero-order valence-corrected chi connectivity index (χ0v) is 19.5. The van der Waals surface area contributed by atoms with Crippen LogP contribution in [0.3, 0.4) is 0 Å². The van der Waals surface area contributed by atoms with Crippen molar-refractivity contribution in [1.82, 2.24) is 4.72 Å². The molecule has 9 heteroatoms. The smallest absolute Gasteiger partial charge is 0.406 e. The molecule has 2 aliphatic carbocycles. The summed E-state index contributed by atoms with van der Waals surface area (Å²) in [5, 5.41) is 11.4. The highest BCUT2D eigenvalue weighted by Gasteiger charge is 2.42. The fraction of sp³-hybridized carbons (Fsp3) is 0.308. The van der Waals surface area contributed by atoms with E-state index in [2.05, 4.69) is 33.7 Å². The average Bonchev–Trinajstić information content (AvgIpc) is 3.14. The number of aliphatic hydroxyl groups excluding tert-OH is 1. The second kappa shape index (κ2) is 8.96. The van der Waals surface area contributed by atoms with Gasteiger partial charge in [0.2, 0.25) is 0 Å². The predicted molar refractivity (Wildman–Crippen MR) is 126 cm³/mol. The Balaban J connectivity index is 1.38. The molecule has 3 aromatic rings. The van der Waals surface area contributed by atoms with Crippen LogP contribution in [0.1, 0.15) is 36.3 Å². The molecule has 0 bridgehead atoms. The summed E-state index contributed by atoms with van der Waals surface area (Å²) < 4.78 is 65.5. The first kappa shape index (κ1) is 23.8. The highest BCUT2D eigenvalue weighted by atomic mass is 32.2. The lowest BCUT2D eigenvalue weighted by molar-refractivity contribution is -0.274. The summed E-state index contributed by atoms with van der Waals surface area (Å²) in [5.41, 5.74) is 4.62. The van der Waals surface area contributed by atoms with E-state index < -0.39 is 34.2 Å². The molecule has 0 radical (unpaired) electrons. The van der Waals surface area contributed by atoms with Crippen LogP contribution in [0.15, 0.2) is 77.7 Å². The third-order valence-electron chi connectivity index (χ3n) is 6.92. The molecule has 0 spiro atoms. The van der Waals surface area contributed by atoms with Crippen molar-refractivity contribution in [3.8, 4) is 16.9 Å². The van der Waals surface area contributed by atoms with Crippen LogP contribution in [0, 0.1) is 10.7 Å². The van der Waals surface area contributed by atoms with E-state index >= 15 is 0 Å². The van der Waals surface area contributed by atoms with E-state index in [0.717, 1.165) is 47.2 Å². The van der Waals surface area contributed by atoms with Crippen LogP contribution < -0.4 is 9.46 Å². The van der Waals surface area contributed by atoms with Gasteiger partial charge >= 0.3 is 6.36 Å². The van der Waals surface area contributed by atoms with Gasteiger partial charge in [-0.2, -0.15) is 0 Å². The molecule has 0 aliphatic heterocycles. The van der Waals surface area contributed by atoms with Crippen LogP contribution in [0.4, 0.5) is 13.2 Å². The minimum Gasteiger partial charge on any atom is -0.406 e. The Bertz CT molecular complexity index is 1280. The first-order valence-corrected chi connectivity index (χ1v) is 13.0. The van der Waals surface area contributed by atoms with E-state index in [1.165, 1.54) is 12.1 Å². The number of aliphatic hydroxyl groups is 1. The number of nitrogens with one attached hydrogen (secondary N) is 2. The van der Waals surface area contributed by atoms with Crippen molar-refractivity contribution in [3.05, 3.63) is 83.9 Å². The zero-order valence-electron chi connectivity index (χ0n) is 18.7. The Labute approximate surface area is 202 Å². The van der Waals surface area contributed by atoms with Gasteiger partial charge in [-0.15, -0.1) is 13.2 Å². The Morgan fingerprint density at radius 1 is 0.914 bits per heavy atom. The quantitative estimate of drug-likeness (QED) is 0.410. The molecule has 5 nitrogen and oxygen atoms in total. The number of halogens is 3. The molecule has 184 valence electrons. The number of alkyl halides is 3. The number of hydrogen-bond acceptors (Lipinski definition) is 4. The number of ether oxygens (including phenoxy) is 1. The summed E-state index contributed by atoms with van der Waals surface area (Å²) in [4.78, 5) is 0.0258. The maximum atomic E-state index is 13.2. The van der Waals surface area contributed by atoms with E-state index in [9.17, 15) is 22.5 Å². The Morgan fingerprint density at radius 2 is 1.49 bits per heavy atom. The predicted octanol–water partition coefficient (Wildman–Crippen LogP) is 5.84. The third kappa shape index (κ3) is 4.68. The summed E-state index contributed by atoms with van der Waals surface area (Å²) in [5.74, 6) is -0.598. The van der Waals surface area contributed by atoms with Crippen molar-refractivity contribution < 1.29 is 27.2 Å². The van der Waals surface area contributed by atoms with E-state index in [-0.39, 0.29) is 16.7 Å². The lowest BCUT2D eigenvalue weighted by Gasteiger charge is -2.39. The fourth-order valence-corrected chi connectivity index (χ4v) is 6.81. The maximum Gasteiger partial charge on any atom is 0.573 e. The van der Waals surface area contributed by atoms with Gasteiger partial charge < -0.3 is 9.84 Å². The van der Waals surface area contributed by atoms with Crippen LogP contribution in [-0.2, 0) is 9.92 Å². The second-order valence-electron chi connectivity index (χ2n) is 9.04. The van der Waals surface area contributed by atoms with Gasteiger partial charge in [-0.1, -0.05) is 55.0 Å². The highest BCUT2D eigenvalue weighted by molar-refractivity contribution is 7.90. The van der Waals surface area contributed by atoms with E-state index in [0.29, 0.717) is 6.42 Å². The first-order chi connectivity index (χ1) is 16.6. The normalized spacial score (nSPS) is 23.8. The van der Waals surface area contributed by atoms with Gasteiger partial charge in [0.25, 0.3) is 0 Å². The van der Waals surface area contributed by atoms with Crippen molar-refractivity contribution in [3.63, 3.8) is 0 Å². The van der Waals surface area contributed by atoms with Crippen LogP contribution in [0.2, 0.25) is 0 Å². The SMILES string of the molecule is N=S(=O)(NC1CCCC(C2c3ccccc3-c3ccccc32)C1O)c1ccc(OC(F)(F)F)cc1. The Morgan fingerprint density at radius 3 is 2.06 bits per heavy atom. The molecular formula is C26H25F3N2O3S. The van der Waals surface area contributed by atoms with Crippen LogP contribution in [0.5, 0.6) is 5.75 Å². The molecular weight excluding hydrogens is 477 g/mol. The zero-order chi connectivity index (χ0) is 24.8. The summed E-state index contributed by atoms with van der Waals surface area (Å²) >= 11 is 0. The molecule has 4 atom stereocenters. The second-order valence-corrected chi connectivity index (χ2v) is 10.9. The van der Waals surface area contributed by atoms with E-state index in [4.69, 9.17) is 4.78 Å². The third-order valence-corrected chi connectivity index (χ3v) is 8.49. The van der Waals surface area contributed by atoms with Gasteiger partial charge in [0, 0.05) is 12.0 Å².